The molecule has 8 heteroatoms. The van der Waals surface area contributed by atoms with Gasteiger partial charge in [-0.05, 0) is 37.3 Å². The van der Waals surface area contributed by atoms with Crippen LogP contribution >= 0.6 is 0 Å². The molecule has 152 valence electrons. The van der Waals surface area contributed by atoms with E-state index in [9.17, 15) is 5.11 Å². The summed E-state index contributed by atoms with van der Waals surface area (Å²) in [5, 5.41) is 10.5. The third-order valence-electron chi connectivity index (χ3n) is 5.09. The van der Waals surface area contributed by atoms with Crippen molar-refractivity contribution >= 4 is 16.9 Å². The predicted molar refractivity (Wildman–Crippen MR) is 109 cm³/mol. The van der Waals surface area contributed by atoms with E-state index >= 15 is 0 Å². The normalized spacial score (nSPS) is 16.8. The second-order valence-corrected chi connectivity index (χ2v) is 6.90. The van der Waals surface area contributed by atoms with E-state index < -0.39 is 0 Å². The van der Waals surface area contributed by atoms with E-state index in [-0.39, 0.29) is 18.7 Å². The van der Waals surface area contributed by atoms with Crippen LogP contribution in [0.2, 0.25) is 0 Å². The lowest BCUT2D eigenvalue weighted by Gasteiger charge is -2.34. The number of rotatable bonds is 5. The van der Waals surface area contributed by atoms with Crippen LogP contribution in [0.3, 0.4) is 0 Å². The molecule has 8 nitrogen and oxygen atoms in total. The molecule has 4 rings (SSSR count). The summed E-state index contributed by atoms with van der Waals surface area (Å²) in [4.78, 5) is 16.0. The monoisotopic (exact) mass is 396 g/mol. The van der Waals surface area contributed by atoms with Gasteiger partial charge in [-0.25, -0.2) is 4.98 Å². The van der Waals surface area contributed by atoms with E-state index in [2.05, 4.69) is 21.8 Å². The minimum atomic E-state index is -0.111. The number of ether oxygens (including phenoxy) is 3. The lowest BCUT2D eigenvalue weighted by Crippen LogP contribution is -2.44. The molecule has 1 saturated heterocycles. The molecule has 3 heterocycles. The lowest BCUT2D eigenvalue weighted by molar-refractivity contribution is 0.0986. The van der Waals surface area contributed by atoms with E-state index in [0.29, 0.717) is 30.2 Å². The topological polar surface area (TPSA) is 89.8 Å². The maximum atomic E-state index is 9.61. The minimum absolute atomic E-state index is 0.111. The van der Waals surface area contributed by atoms with Crippen LogP contribution in [0.25, 0.3) is 22.3 Å². The zero-order valence-corrected chi connectivity index (χ0v) is 16.8. The smallest absolute Gasteiger partial charge is 0.320 e. The summed E-state index contributed by atoms with van der Waals surface area (Å²) in [7, 11) is 3.13. The largest absolute Gasteiger partial charge is 0.496 e. The van der Waals surface area contributed by atoms with Crippen LogP contribution < -0.4 is 14.4 Å². The number of nitrogens with zero attached hydrogens (tertiary/aromatic N) is 4. The summed E-state index contributed by atoms with van der Waals surface area (Å²) in [6.45, 7) is 4.04. The molecule has 0 saturated carbocycles. The number of anilines is 1. The first-order valence-electron chi connectivity index (χ1n) is 9.50. The fourth-order valence-electron chi connectivity index (χ4n) is 3.55. The van der Waals surface area contributed by atoms with Crippen molar-refractivity contribution in [2.75, 3.05) is 38.9 Å². The highest BCUT2D eigenvalue weighted by molar-refractivity contribution is 5.89. The summed E-state index contributed by atoms with van der Waals surface area (Å²) in [5.41, 5.74) is 2.88. The SMILES string of the molecule is COc1nc(N2CCOC[C@@H]2C)c2ccc(-c3ccc(OC)c(CO)c3)nc2n1. The Labute approximate surface area is 169 Å². The molecule has 1 atom stereocenters. The summed E-state index contributed by atoms with van der Waals surface area (Å²) < 4.78 is 16.2. The second kappa shape index (κ2) is 8.18. The Kier molecular flexibility index (Phi) is 5.46. The highest BCUT2D eigenvalue weighted by Crippen LogP contribution is 2.31. The Hall–Kier alpha value is -2.97. The van der Waals surface area contributed by atoms with Gasteiger partial charge in [0.2, 0.25) is 0 Å². The average molecular weight is 396 g/mol. The molecule has 3 aromatic rings. The standard InChI is InChI=1S/C21H24N4O4/c1-13-12-29-9-8-25(13)20-16-5-6-17(22-19(16)23-21(24-20)28-3)14-4-7-18(27-2)15(10-14)11-26/h4-7,10,13,26H,8-9,11-12H2,1-3H3/t13-/m0/s1. The number of pyridine rings is 1. The van der Waals surface area contributed by atoms with Crippen molar-refractivity contribution in [2.45, 2.75) is 19.6 Å². The van der Waals surface area contributed by atoms with E-state index in [0.717, 1.165) is 29.0 Å². The molecule has 0 amide bonds. The molecular weight excluding hydrogens is 372 g/mol. The van der Waals surface area contributed by atoms with Gasteiger partial charge in [0.15, 0.2) is 5.65 Å². The quantitative estimate of drug-likeness (QED) is 0.703. The molecule has 0 unspecified atom stereocenters. The van der Waals surface area contributed by atoms with Gasteiger partial charge in [0.05, 0.1) is 51.2 Å². The number of aliphatic hydroxyl groups is 1. The summed E-state index contributed by atoms with van der Waals surface area (Å²) in [6, 6.07) is 10.0. The molecule has 0 radical (unpaired) electrons. The first-order valence-corrected chi connectivity index (χ1v) is 9.50. The Balaban J connectivity index is 1.82. The fourth-order valence-corrected chi connectivity index (χ4v) is 3.55. The number of aromatic nitrogens is 3. The van der Waals surface area contributed by atoms with Crippen LogP contribution in [-0.4, -0.2) is 60.1 Å². The number of benzene rings is 1. The van der Waals surface area contributed by atoms with E-state index in [1.54, 1.807) is 14.2 Å². The second-order valence-electron chi connectivity index (χ2n) is 6.90. The molecule has 1 aliphatic rings. The molecule has 0 bridgehead atoms. The van der Waals surface area contributed by atoms with Crippen molar-refractivity contribution in [1.82, 2.24) is 15.0 Å². The third kappa shape index (κ3) is 3.68. The Morgan fingerprint density at radius 3 is 2.72 bits per heavy atom. The molecule has 2 aromatic heterocycles. The summed E-state index contributed by atoms with van der Waals surface area (Å²) in [6.07, 6.45) is 0. The lowest BCUT2D eigenvalue weighted by atomic mass is 10.1. The van der Waals surface area contributed by atoms with Gasteiger partial charge in [-0.15, -0.1) is 0 Å². The first-order chi connectivity index (χ1) is 14.1. The number of morpholine rings is 1. The zero-order chi connectivity index (χ0) is 20.4. The van der Waals surface area contributed by atoms with Crippen LogP contribution in [0.15, 0.2) is 30.3 Å². The molecule has 1 fully saturated rings. The molecule has 0 spiro atoms. The zero-order valence-electron chi connectivity index (χ0n) is 16.8. The molecule has 1 aromatic carbocycles. The Morgan fingerprint density at radius 2 is 2.00 bits per heavy atom. The van der Waals surface area contributed by atoms with Gasteiger partial charge in [0.25, 0.3) is 0 Å². The number of aliphatic hydroxyl groups excluding tert-OH is 1. The van der Waals surface area contributed by atoms with Crippen LogP contribution in [-0.2, 0) is 11.3 Å². The van der Waals surface area contributed by atoms with Crippen molar-refractivity contribution in [2.24, 2.45) is 0 Å². The maximum Gasteiger partial charge on any atom is 0.320 e. The van der Waals surface area contributed by atoms with Gasteiger partial charge in [0, 0.05) is 17.7 Å². The van der Waals surface area contributed by atoms with E-state index in [4.69, 9.17) is 19.2 Å². The summed E-state index contributed by atoms with van der Waals surface area (Å²) in [5.74, 6) is 1.44. The van der Waals surface area contributed by atoms with Crippen molar-refractivity contribution < 1.29 is 19.3 Å². The van der Waals surface area contributed by atoms with Crippen molar-refractivity contribution in [3.05, 3.63) is 35.9 Å². The van der Waals surface area contributed by atoms with Crippen LogP contribution in [0, 0.1) is 0 Å². The molecule has 1 N–H and O–H groups in total. The Bertz CT molecular complexity index is 1030. The van der Waals surface area contributed by atoms with Gasteiger partial charge in [-0.1, -0.05) is 0 Å². The summed E-state index contributed by atoms with van der Waals surface area (Å²) >= 11 is 0. The van der Waals surface area contributed by atoms with E-state index in [1.807, 2.05) is 30.3 Å². The average Bonchev–Trinajstić information content (AvgIpc) is 2.77. The highest BCUT2D eigenvalue weighted by Gasteiger charge is 2.24. The molecule has 29 heavy (non-hydrogen) atoms. The Morgan fingerprint density at radius 1 is 1.14 bits per heavy atom. The maximum absolute atomic E-state index is 9.61. The van der Waals surface area contributed by atoms with Crippen molar-refractivity contribution in [1.29, 1.82) is 0 Å². The highest BCUT2D eigenvalue weighted by atomic mass is 16.5. The van der Waals surface area contributed by atoms with Gasteiger partial charge >= 0.3 is 6.01 Å². The number of hydrogen-bond donors (Lipinski definition) is 1. The van der Waals surface area contributed by atoms with Gasteiger partial charge in [0.1, 0.15) is 11.6 Å². The minimum Gasteiger partial charge on any atom is -0.496 e. The van der Waals surface area contributed by atoms with Gasteiger partial charge < -0.3 is 24.2 Å². The van der Waals surface area contributed by atoms with Crippen molar-refractivity contribution in [3.63, 3.8) is 0 Å². The number of hydrogen-bond acceptors (Lipinski definition) is 8. The van der Waals surface area contributed by atoms with E-state index in [1.165, 1.54) is 0 Å². The van der Waals surface area contributed by atoms with Crippen LogP contribution in [0.1, 0.15) is 12.5 Å². The van der Waals surface area contributed by atoms with Crippen LogP contribution in [0.4, 0.5) is 5.82 Å². The predicted octanol–water partition coefficient (Wildman–Crippen LogP) is 2.43. The van der Waals surface area contributed by atoms with Gasteiger partial charge in [-0.2, -0.15) is 9.97 Å². The number of methoxy groups -OCH3 is 2. The van der Waals surface area contributed by atoms with Gasteiger partial charge in [-0.3, -0.25) is 0 Å². The third-order valence-corrected chi connectivity index (χ3v) is 5.09. The van der Waals surface area contributed by atoms with Crippen molar-refractivity contribution in [3.8, 4) is 23.0 Å². The molecular formula is C21H24N4O4. The fraction of sp³-hybridized carbons (Fsp3) is 0.381. The molecule has 1 aliphatic heterocycles. The van der Waals surface area contributed by atoms with Crippen LogP contribution in [0.5, 0.6) is 11.8 Å². The first kappa shape index (κ1) is 19.4. The number of fused-ring (bicyclic) bond motifs is 1. The molecule has 0 aliphatic carbocycles.